The van der Waals surface area contributed by atoms with Gasteiger partial charge in [0.2, 0.25) is 5.91 Å². The van der Waals surface area contributed by atoms with Crippen LogP contribution in [0.25, 0.3) is 10.9 Å². The number of carbonyl (C=O) groups excluding carboxylic acids is 1. The van der Waals surface area contributed by atoms with Crippen molar-refractivity contribution in [2.75, 3.05) is 6.54 Å². The van der Waals surface area contributed by atoms with Crippen molar-refractivity contribution in [1.29, 1.82) is 0 Å². The van der Waals surface area contributed by atoms with Gasteiger partial charge in [-0.25, -0.2) is 0 Å². The van der Waals surface area contributed by atoms with Gasteiger partial charge in [0.05, 0.1) is 18.1 Å². The van der Waals surface area contributed by atoms with Crippen molar-refractivity contribution >= 4 is 16.8 Å². The first-order chi connectivity index (χ1) is 11.6. The number of aromatic amines is 1. The van der Waals surface area contributed by atoms with Gasteiger partial charge in [0.1, 0.15) is 0 Å². The quantitative estimate of drug-likeness (QED) is 0.898. The van der Waals surface area contributed by atoms with E-state index in [9.17, 15) is 9.90 Å². The Bertz CT molecular complexity index is 697. The Morgan fingerprint density at radius 1 is 1.21 bits per heavy atom. The Labute approximate surface area is 142 Å². The lowest BCUT2D eigenvalue weighted by molar-refractivity contribution is -0.140. The topological polar surface area (TPSA) is 56.3 Å². The molecule has 1 unspecified atom stereocenters. The van der Waals surface area contributed by atoms with Crippen molar-refractivity contribution in [3.8, 4) is 0 Å². The molecule has 1 amide bonds. The minimum absolute atomic E-state index is 0.114. The van der Waals surface area contributed by atoms with Gasteiger partial charge in [0.15, 0.2) is 0 Å². The predicted octanol–water partition coefficient (Wildman–Crippen LogP) is 3.92. The standard InChI is InChI=1S/C20H26N2O2/c23-19(14-20(24)10-4-5-11-20)22-12-6-3-9-18(22)17-13-15-7-1-2-8-16(15)21-17/h1-2,7-8,13,18,21,24H,3-6,9-12,14H2. The molecule has 4 heteroatoms. The van der Waals surface area contributed by atoms with Gasteiger partial charge in [-0.15, -0.1) is 0 Å². The van der Waals surface area contributed by atoms with E-state index in [0.717, 1.165) is 62.7 Å². The van der Waals surface area contributed by atoms with Crippen LogP contribution < -0.4 is 0 Å². The summed E-state index contributed by atoms with van der Waals surface area (Å²) in [5, 5.41) is 11.8. The molecular formula is C20H26N2O2. The molecule has 2 fully saturated rings. The number of nitrogens with zero attached hydrogens (tertiary/aromatic N) is 1. The summed E-state index contributed by atoms with van der Waals surface area (Å²) in [6.07, 6.45) is 7.09. The number of H-pyrrole nitrogens is 1. The van der Waals surface area contributed by atoms with Crippen molar-refractivity contribution in [3.05, 3.63) is 36.0 Å². The van der Waals surface area contributed by atoms with E-state index >= 15 is 0 Å². The molecule has 2 aliphatic rings. The van der Waals surface area contributed by atoms with E-state index in [2.05, 4.69) is 23.2 Å². The molecular weight excluding hydrogens is 300 g/mol. The molecule has 1 aliphatic heterocycles. The van der Waals surface area contributed by atoms with Gasteiger partial charge in [0, 0.05) is 17.8 Å². The number of aliphatic hydroxyl groups is 1. The smallest absolute Gasteiger partial charge is 0.226 e. The fourth-order valence-corrected chi connectivity index (χ4v) is 4.42. The van der Waals surface area contributed by atoms with Gasteiger partial charge in [-0.3, -0.25) is 4.79 Å². The number of rotatable bonds is 3. The van der Waals surface area contributed by atoms with E-state index in [4.69, 9.17) is 0 Å². The SMILES string of the molecule is O=C(CC1(O)CCCC1)N1CCCCC1c1cc2ccccc2[nH]1. The summed E-state index contributed by atoms with van der Waals surface area (Å²) in [6, 6.07) is 10.5. The summed E-state index contributed by atoms with van der Waals surface area (Å²) >= 11 is 0. The van der Waals surface area contributed by atoms with E-state index in [1.807, 2.05) is 17.0 Å². The fourth-order valence-electron chi connectivity index (χ4n) is 4.42. The van der Waals surface area contributed by atoms with Gasteiger partial charge in [-0.1, -0.05) is 31.0 Å². The van der Waals surface area contributed by atoms with Gasteiger partial charge in [-0.2, -0.15) is 0 Å². The number of nitrogens with one attached hydrogen (secondary N) is 1. The van der Waals surface area contributed by atoms with Crippen LogP contribution in [-0.4, -0.2) is 33.0 Å². The molecule has 2 aromatic rings. The molecule has 2 N–H and O–H groups in total. The maximum atomic E-state index is 12.9. The van der Waals surface area contributed by atoms with Crippen LogP contribution in [0.2, 0.25) is 0 Å². The predicted molar refractivity (Wildman–Crippen MR) is 94.6 cm³/mol. The van der Waals surface area contributed by atoms with E-state index in [1.165, 1.54) is 5.39 Å². The Kier molecular flexibility index (Phi) is 4.09. The molecule has 4 rings (SSSR count). The van der Waals surface area contributed by atoms with Crippen LogP contribution in [0.3, 0.4) is 0 Å². The van der Waals surface area contributed by atoms with E-state index < -0.39 is 5.60 Å². The van der Waals surface area contributed by atoms with Gasteiger partial charge in [0.25, 0.3) is 0 Å². The normalized spacial score (nSPS) is 23.7. The Balaban J connectivity index is 1.57. The minimum atomic E-state index is -0.764. The third kappa shape index (κ3) is 2.95. The molecule has 1 saturated carbocycles. The third-order valence-electron chi connectivity index (χ3n) is 5.75. The second-order valence-corrected chi connectivity index (χ2v) is 7.52. The molecule has 1 atom stereocenters. The van der Waals surface area contributed by atoms with Crippen LogP contribution in [0.5, 0.6) is 0 Å². The molecule has 0 bridgehead atoms. The highest BCUT2D eigenvalue weighted by molar-refractivity contribution is 5.81. The third-order valence-corrected chi connectivity index (χ3v) is 5.75. The van der Waals surface area contributed by atoms with Crippen LogP contribution >= 0.6 is 0 Å². The second kappa shape index (κ2) is 6.25. The second-order valence-electron chi connectivity index (χ2n) is 7.52. The van der Waals surface area contributed by atoms with Crippen LogP contribution in [0.1, 0.15) is 63.1 Å². The number of fused-ring (bicyclic) bond motifs is 1. The zero-order chi connectivity index (χ0) is 16.6. The highest BCUT2D eigenvalue weighted by Gasteiger charge is 2.37. The highest BCUT2D eigenvalue weighted by atomic mass is 16.3. The largest absolute Gasteiger partial charge is 0.389 e. The van der Waals surface area contributed by atoms with Crippen LogP contribution in [0, 0.1) is 0 Å². The molecule has 1 saturated heterocycles. The Hall–Kier alpha value is -1.81. The van der Waals surface area contributed by atoms with E-state index in [-0.39, 0.29) is 18.4 Å². The number of para-hydroxylation sites is 1. The Morgan fingerprint density at radius 3 is 2.79 bits per heavy atom. The van der Waals surface area contributed by atoms with Gasteiger partial charge >= 0.3 is 0 Å². The first-order valence-corrected chi connectivity index (χ1v) is 9.24. The first kappa shape index (κ1) is 15.7. The van der Waals surface area contributed by atoms with Crippen molar-refractivity contribution in [3.63, 3.8) is 0 Å². The average Bonchev–Trinajstić information content (AvgIpc) is 3.21. The lowest BCUT2D eigenvalue weighted by Crippen LogP contribution is -2.42. The zero-order valence-electron chi connectivity index (χ0n) is 14.1. The molecule has 0 spiro atoms. The summed E-state index contributed by atoms with van der Waals surface area (Å²) in [5.41, 5.74) is 1.49. The number of aromatic nitrogens is 1. The summed E-state index contributed by atoms with van der Waals surface area (Å²) in [4.78, 5) is 18.4. The molecule has 1 aromatic heterocycles. The lowest BCUT2D eigenvalue weighted by atomic mass is 9.94. The molecule has 2 heterocycles. The van der Waals surface area contributed by atoms with Crippen LogP contribution in [0.4, 0.5) is 0 Å². The lowest BCUT2D eigenvalue weighted by Gasteiger charge is -2.37. The molecule has 24 heavy (non-hydrogen) atoms. The van der Waals surface area contributed by atoms with Crippen LogP contribution in [0.15, 0.2) is 30.3 Å². The number of benzene rings is 1. The van der Waals surface area contributed by atoms with Crippen molar-refractivity contribution in [2.45, 2.75) is 63.0 Å². The maximum absolute atomic E-state index is 12.9. The first-order valence-electron chi connectivity index (χ1n) is 9.24. The number of amides is 1. The molecule has 1 aromatic carbocycles. The minimum Gasteiger partial charge on any atom is -0.389 e. The summed E-state index contributed by atoms with van der Waals surface area (Å²) in [6.45, 7) is 0.801. The number of hydrogen-bond donors (Lipinski definition) is 2. The molecule has 128 valence electrons. The Morgan fingerprint density at radius 2 is 2.00 bits per heavy atom. The van der Waals surface area contributed by atoms with Crippen molar-refractivity contribution in [2.24, 2.45) is 0 Å². The number of hydrogen-bond acceptors (Lipinski definition) is 2. The molecule has 0 radical (unpaired) electrons. The number of likely N-dealkylation sites (tertiary alicyclic amines) is 1. The monoisotopic (exact) mass is 326 g/mol. The van der Waals surface area contributed by atoms with Gasteiger partial charge < -0.3 is 15.0 Å². The summed E-state index contributed by atoms with van der Waals surface area (Å²) in [5.74, 6) is 0.114. The fraction of sp³-hybridized carbons (Fsp3) is 0.550. The maximum Gasteiger partial charge on any atom is 0.226 e. The highest BCUT2D eigenvalue weighted by Crippen LogP contribution is 2.36. The molecule has 1 aliphatic carbocycles. The van der Waals surface area contributed by atoms with E-state index in [1.54, 1.807) is 0 Å². The average molecular weight is 326 g/mol. The van der Waals surface area contributed by atoms with Crippen molar-refractivity contribution < 1.29 is 9.90 Å². The van der Waals surface area contributed by atoms with Gasteiger partial charge in [-0.05, 0) is 49.6 Å². The summed E-state index contributed by atoms with van der Waals surface area (Å²) < 4.78 is 0. The zero-order valence-corrected chi connectivity index (χ0v) is 14.1. The summed E-state index contributed by atoms with van der Waals surface area (Å²) in [7, 11) is 0. The molecule has 4 nitrogen and oxygen atoms in total. The number of carbonyl (C=O) groups is 1. The van der Waals surface area contributed by atoms with Crippen molar-refractivity contribution in [1.82, 2.24) is 9.88 Å². The van der Waals surface area contributed by atoms with E-state index in [0.29, 0.717) is 0 Å². The number of piperidine rings is 1. The van der Waals surface area contributed by atoms with Crippen LogP contribution in [-0.2, 0) is 4.79 Å².